The number of rotatable bonds is 4. The molecule has 0 bridgehead atoms. The van der Waals surface area contributed by atoms with Gasteiger partial charge in [0.2, 0.25) is 10.0 Å². The van der Waals surface area contributed by atoms with Crippen LogP contribution in [-0.4, -0.2) is 14.5 Å². The first kappa shape index (κ1) is 13.0. The van der Waals surface area contributed by atoms with Gasteiger partial charge in [0.1, 0.15) is 0 Å². The van der Waals surface area contributed by atoms with Gasteiger partial charge in [0.15, 0.2) is 0 Å². The van der Waals surface area contributed by atoms with E-state index in [9.17, 15) is 8.42 Å². The van der Waals surface area contributed by atoms with Crippen molar-refractivity contribution < 1.29 is 8.42 Å². The summed E-state index contributed by atoms with van der Waals surface area (Å²) in [5, 5.41) is 8.34. The van der Waals surface area contributed by atoms with E-state index < -0.39 is 10.0 Å². The predicted octanol–water partition coefficient (Wildman–Crippen LogP) is 1.85. The summed E-state index contributed by atoms with van der Waals surface area (Å²) in [6.45, 7) is 6.04. The first-order valence-electron chi connectivity index (χ1n) is 5.24. The average molecular weight is 242 g/mol. The van der Waals surface area contributed by atoms with Crippen molar-refractivity contribution in [2.24, 2.45) is 5.14 Å². The van der Waals surface area contributed by atoms with Gasteiger partial charge in [0.05, 0.1) is 4.90 Å². The minimum absolute atomic E-state index is 0.143. The highest BCUT2D eigenvalue weighted by molar-refractivity contribution is 7.89. The van der Waals surface area contributed by atoms with Crippen LogP contribution in [0, 0.1) is 6.92 Å². The molecule has 1 atom stereocenters. The molecule has 0 radical (unpaired) electrons. The van der Waals surface area contributed by atoms with Crippen molar-refractivity contribution in [1.29, 1.82) is 0 Å². The summed E-state index contributed by atoms with van der Waals surface area (Å²) in [5.41, 5.74) is 1.83. The Morgan fingerprint density at radius 1 is 1.44 bits per heavy atom. The molecule has 0 aliphatic rings. The molecule has 4 nitrogen and oxygen atoms in total. The molecule has 0 saturated heterocycles. The van der Waals surface area contributed by atoms with Crippen LogP contribution in [0.1, 0.15) is 25.8 Å². The van der Waals surface area contributed by atoms with Gasteiger partial charge in [-0.15, -0.1) is 0 Å². The van der Waals surface area contributed by atoms with Crippen LogP contribution >= 0.6 is 0 Å². The molecule has 90 valence electrons. The molecule has 3 N–H and O–H groups in total. The second kappa shape index (κ2) is 4.84. The molecule has 1 aromatic carbocycles. The Kier molecular flexibility index (Phi) is 3.93. The van der Waals surface area contributed by atoms with Gasteiger partial charge in [0, 0.05) is 11.7 Å². The maximum absolute atomic E-state index is 11.2. The van der Waals surface area contributed by atoms with Crippen LogP contribution in [-0.2, 0) is 10.0 Å². The van der Waals surface area contributed by atoms with Gasteiger partial charge in [-0.05, 0) is 38.0 Å². The van der Waals surface area contributed by atoms with Crippen LogP contribution in [0.2, 0.25) is 0 Å². The van der Waals surface area contributed by atoms with E-state index in [0.29, 0.717) is 6.04 Å². The molecule has 0 aromatic heterocycles. The Hall–Kier alpha value is -1.07. The zero-order chi connectivity index (χ0) is 12.3. The quantitative estimate of drug-likeness (QED) is 0.846. The fourth-order valence-electron chi connectivity index (χ4n) is 1.30. The lowest BCUT2D eigenvalue weighted by molar-refractivity contribution is 0.598. The van der Waals surface area contributed by atoms with Crippen molar-refractivity contribution in [1.82, 2.24) is 0 Å². The molecule has 0 heterocycles. The summed E-state index contributed by atoms with van der Waals surface area (Å²) in [6.07, 6.45) is 0.971. The van der Waals surface area contributed by atoms with Crippen LogP contribution in [0.5, 0.6) is 0 Å². The van der Waals surface area contributed by atoms with E-state index in [-0.39, 0.29) is 4.90 Å². The number of nitrogens with two attached hydrogens (primary N) is 1. The molecule has 16 heavy (non-hydrogen) atoms. The molecule has 1 unspecified atom stereocenters. The maximum Gasteiger partial charge on any atom is 0.238 e. The van der Waals surface area contributed by atoms with Crippen molar-refractivity contribution >= 4 is 15.7 Å². The third kappa shape index (κ3) is 3.21. The van der Waals surface area contributed by atoms with Crippen LogP contribution in [0.25, 0.3) is 0 Å². The number of aryl methyl sites for hydroxylation is 1. The highest BCUT2D eigenvalue weighted by atomic mass is 32.2. The van der Waals surface area contributed by atoms with E-state index in [1.165, 1.54) is 6.07 Å². The summed E-state index contributed by atoms with van der Waals surface area (Å²) in [7, 11) is -3.62. The normalized spacial score (nSPS) is 13.5. The zero-order valence-corrected chi connectivity index (χ0v) is 10.6. The molecular weight excluding hydrogens is 224 g/mol. The smallest absolute Gasteiger partial charge is 0.238 e. The van der Waals surface area contributed by atoms with Gasteiger partial charge >= 0.3 is 0 Å². The average Bonchev–Trinajstić information content (AvgIpc) is 2.19. The highest BCUT2D eigenvalue weighted by Crippen LogP contribution is 2.20. The fraction of sp³-hybridized carbons (Fsp3) is 0.455. The van der Waals surface area contributed by atoms with Gasteiger partial charge in [0.25, 0.3) is 0 Å². The van der Waals surface area contributed by atoms with E-state index in [4.69, 9.17) is 5.14 Å². The molecular formula is C11H18N2O2S. The molecule has 5 heteroatoms. The van der Waals surface area contributed by atoms with Gasteiger partial charge < -0.3 is 5.32 Å². The van der Waals surface area contributed by atoms with Crippen molar-refractivity contribution in [2.75, 3.05) is 5.32 Å². The fourth-order valence-corrected chi connectivity index (χ4v) is 1.84. The van der Waals surface area contributed by atoms with Crippen LogP contribution in [0.3, 0.4) is 0 Å². The molecule has 0 aliphatic carbocycles. The molecule has 0 amide bonds. The Bertz CT molecular complexity index is 469. The third-order valence-corrected chi connectivity index (χ3v) is 3.46. The van der Waals surface area contributed by atoms with Crippen LogP contribution in [0.4, 0.5) is 5.69 Å². The SMILES string of the molecule is CCC(C)Nc1cc(S(N)(=O)=O)ccc1C. The number of nitrogens with one attached hydrogen (secondary N) is 1. The van der Waals surface area contributed by atoms with Gasteiger partial charge in [-0.25, -0.2) is 13.6 Å². The lowest BCUT2D eigenvalue weighted by atomic mass is 10.1. The second-order valence-electron chi connectivity index (χ2n) is 3.98. The number of anilines is 1. The summed E-state index contributed by atoms with van der Waals surface area (Å²) in [5.74, 6) is 0. The largest absolute Gasteiger partial charge is 0.382 e. The number of hydrogen-bond acceptors (Lipinski definition) is 3. The zero-order valence-electron chi connectivity index (χ0n) is 9.82. The number of hydrogen-bond donors (Lipinski definition) is 2. The minimum Gasteiger partial charge on any atom is -0.382 e. The number of primary sulfonamides is 1. The van der Waals surface area contributed by atoms with E-state index in [2.05, 4.69) is 12.2 Å². The van der Waals surface area contributed by atoms with Gasteiger partial charge in [-0.1, -0.05) is 13.0 Å². The van der Waals surface area contributed by atoms with Crippen LogP contribution < -0.4 is 10.5 Å². The lowest BCUT2D eigenvalue weighted by Gasteiger charge is -2.15. The highest BCUT2D eigenvalue weighted by Gasteiger charge is 2.10. The molecule has 0 fully saturated rings. The number of benzene rings is 1. The minimum atomic E-state index is -3.62. The summed E-state index contributed by atoms with van der Waals surface area (Å²) in [6, 6.07) is 5.16. The number of sulfonamides is 1. The standard InChI is InChI=1S/C11H18N2O2S/c1-4-9(3)13-11-7-10(16(12,14)15)6-5-8(11)2/h5-7,9,13H,4H2,1-3H3,(H2,12,14,15). The Balaban J connectivity index is 3.09. The molecule has 1 aromatic rings. The van der Waals surface area contributed by atoms with E-state index >= 15 is 0 Å². The maximum atomic E-state index is 11.2. The van der Waals surface area contributed by atoms with Crippen molar-refractivity contribution in [3.63, 3.8) is 0 Å². The van der Waals surface area contributed by atoms with Gasteiger partial charge in [-0.3, -0.25) is 0 Å². The summed E-state index contributed by atoms with van der Waals surface area (Å²) in [4.78, 5) is 0.143. The van der Waals surface area contributed by atoms with E-state index in [1.807, 2.05) is 13.8 Å². The van der Waals surface area contributed by atoms with Gasteiger partial charge in [-0.2, -0.15) is 0 Å². The lowest BCUT2D eigenvalue weighted by Crippen LogP contribution is -2.16. The first-order valence-corrected chi connectivity index (χ1v) is 6.79. The molecule has 0 aliphatic heterocycles. The van der Waals surface area contributed by atoms with Crippen LogP contribution in [0.15, 0.2) is 23.1 Å². The summed E-state index contributed by atoms with van der Waals surface area (Å²) >= 11 is 0. The topological polar surface area (TPSA) is 72.2 Å². The molecule has 0 saturated carbocycles. The van der Waals surface area contributed by atoms with E-state index in [1.54, 1.807) is 12.1 Å². The summed E-state index contributed by atoms with van der Waals surface area (Å²) < 4.78 is 22.4. The second-order valence-corrected chi connectivity index (χ2v) is 5.54. The molecule has 1 rings (SSSR count). The first-order chi connectivity index (χ1) is 7.34. The van der Waals surface area contributed by atoms with Crippen molar-refractivity contribution in [2.45, 2.75) is 38.1 Å². The third-order valence-electron chi connectivity index (χ3n) is 2.55. The predicted molar refractivity (Wildman–Crippen MR) is 65.9 cm³/mol. The van der Waals surface area contributed by atoms with E-state index in [0.717, 1.165) is 17.7 Å². The monoisotopic (exact) mass is 242 g/mol. The van der Waals surface area contributed by atoms with Crippen molar-refractivity contribution in [3.8, 4) is 0 Å². The Morgan fingerprint density at radius 2 is 2.06 bits per heavy atom. The molecule has 0 spiro atoms. The Labute approximate surface area is 96.9 Å². The Morgan fingerprint density at radius 3 is 2.56 bits per heavy atom. The van der Waals surface area contributed by atoms with Crippen molar-refractivity contribution in [3.05, 3.63) is 23.8 Å².